The molecule has 1 atom stereocenters. The number of aromatic nitrogens is 3. The fourth-order valence-electron chi connectivity index (χ4n) is 4.17. The Bertz CT molecular complexity index is 687. The average molecular weight is 325 g/mol. The summed E-state index contributed by atoms with van der Waals surface area (Å²) in [7, 11) is 0. The molecule has 4 heterocycles. The van der Waals surface area contributed by atoms with Crippen molar-refractivity contribution in [3.05, 3.63) is 48.3 Å². The minimum Gasteiger partial charge on any atom is -0.347 e. The number of H-pyrrole nitrogens is 1. The van der Waals surface area contributed by atoms with E-state index in [0.717, 1.165) is 56.7 Å². The zero-order valence-corrected chi connectivity index (χ0v) is 13.8. The topological polar surface area (TPSA) is 65.1 Å². The number of rotatable bonds is 4. The quantitative estimate of drug-likeness (QED) is 0.933. The number of pyridine rings is 1. The number of likely N-dealkylation sites (tertiary alicyclic amines) is 2. The first-order chi connectivity index (χ1) is 11.8. The van der Waals surface area contributed by atoms with E-state index in [4.69, 9.17) is 0 Å². The molecule has 126 valence electrons. The standard InChI is InChI=1S/C18H23N5O/c24-17-18(7-4-10-23(18)13-16-11-19-14-21-16)6-3-9-22(17)12-15-5-1-2-8-20-15/h1-2,5,8,11,14H,3-4,6-7,9-10,12-13H2,(H,19,21). The van der Waals surface area contributed by atoms with E-state index < -0.39 is 0 Å². The zero-order chi connectivity index (χ0) is 16.4. The third-order valence-electron chi connectivity index (χ3n) is 5.32. The van der Waals surface area contributed by atoms with E-state index in [1.54, 1.807) is 12.5 Å². The van der Waals surface area contributed by atoms with E-state index in [1.165, 1.54) is 0 Å². The van der Waals surface area contributed by atoms with Crippen LogP contribution >= 0.6 is 0 Å². The maximum Gasteiger partial charge on any atom is 0.243 e. The van der Waals surface area contributed by atoms with Crippen molar-refractivity contribution >= 4 is 5.91 Å². The second-order valence-electron chi connectivity index (χ2n) is 6.78. The predicted octanol–water partition coefficient (Wildman–Crippen LogP) is 1.96. The molecule has 0 radical (unpaired) electrons. The first-order valence-electron chi connectivity index (χ1n) is 8.69. The molecule has 4 rings (SSSR count). The van der Waals surface area contributed by atoms with Gasteiger partial charge in [-0.3, -0.25) is 14.7 Å². The van der Waals surface area contributed by atoms with Gasteiger partial charge in [0.15, 0.2) is 0 Å². The van der Waals surface area contributed by atoms with Gasteiger partial charge < -0.3 is 9.88 Å². The van der Waals surface area contributed by atoms with Crippen LogP contribution in [0.25, 0.3) is 0 Å². The summed E-state index contributed by atoms with van der Waals surface area (Å²) in [6.45, 7) is 3.18. The van der Waals surface area contributed by atoms with Crippen LogP contribution in [0.5, 0.6) is 0 Å². The van der Waals surface area contributed by atoms with E-state index in [2.05, 4.69) is 19.9 Å². The molecule has 1 unspecified atom stereocenters. The highest BCUT2D eigenvalue weighted by Gasteiger charge is 2.50. The van der Waals surface area contributed by atoms with E-state index in [0.29, 0.717) is 6.54 Å². The van der Waals surface area contributed by atoms with Gasteiger partial charge in [0.1, 0.15) is 5.54 Å². The summed E-state index contributed by atoms with van der Waals surface area (Å²) in [4.78, 5) is 29.3. The number of hydrogen-bond acceptors (Lipinski definition) is 4. The third kappa shape index (κ3) is 2.71. The molecule has 2 aliphatic heterocycles. The molecule has 6 heteroatoms. The molecule has 6 nitrogen and oxygen atoms in total. The Kier molecular flexibility index (Phi) is 4.06. The number of carbonyl (C=O) groups excluding carboxylic acids is 1. The molecule has 0 bridgehead atoms. The summed E-state index contributed by atoms with van der Waals surface area (Å²) in [6.07, 6.45) is 9.39. The minimum atomic E-state index is -0.335. The zero-order valence-electron chi connectivity index (χ0n) is 13.8. The van der Waals surface area contributed by atoms with Crippen LogP contribution in [0.3, 0.4) is 0 Å². The Morgan fingerprint density at radius 1 is 1.17 bits per heavy atom. The number of imidazole rings is 1. The molecule has 1 N–H and O–H groups in total. The number of nitrogens with zero attached hydrogens (tertiary/aromatic N) is 4. The van der Waals surface area contributed by atoms with Crippen LogP contribution in [-0.2, 0) is 17.9 Å². The second kappa shape index (κ2) is 6.36. The maximum absolute atomic E-state index is 13.3. The largest absolute Gasteiger partial charge is 0.347 e. The van der Waals surface area contributed by atoms with E-state index >= 15 is 0 Å². The van der Waals surface area contributed by atoms with Gasteiger partial charge in [0.25, 0.3) is 0 Å². The number of piperidine rings is 1. The fraction of sp³-hybridized carbons (Fsp3) is 0.500. The van der Waals surface area contributed by atoms with Gasteiger partial charge in [-0.2, -0.15) is 0 Å². The molecule has 2 aromatic rings. The first kappa shape index (κ1) is 15.3. The van der Waals surface area contributed by atoms with Gasteiger partial charge in [-0.25, -0.2) is 4.98 Å². The molecule has 0 aliphatic carbocycles. The molecule has 0 aromatic carbocycles. The lowest BCUT2D eigenvalue weighted by Crippen LogP contribution is -2.59. The van der Waals surface area contributed by atoms with Crippen molar-refractivity contribution in [3.8, 4) is 0 Å². The molecular weight excluding hydrogens is 302 g/mol. The van der Waals surface area contributed by atoms with E-state index in [1.807, 2.05) is 29.3 Å². The van der Waals surface area contributed by atoms with Crippen LogP contribution in [0.15, 0.2) is 36.9 Å². The van der Waals surface area contributed by atoms with Gasteiger partial charge in [0, 0.05) is 31.2 Å². The van der Waals surface area contributed by atoms with Gasteiger partial charge in [0.2, 0.25) is 5.91 Å². The van der Waals surface area contributed by atoms with Crippen LogP contribution < -0.4 is 0 Å². The fourth-order valence-corrected chi connectivity index (χ4v) is 4.17. The van der Waals surface area contributed by atoms with Crippen molar-refractivity contribution in [2.75, 3.05) is 13.1 Å². The number of aromatic amines is 1. The summed E-state index contributed by atoms with van der Waals surface area (Å²) in [5, 5.41) is 0. The van der Waals surface area contributed by atoms with Gasteiger partial charge >= 0.3 is 0 Å². The lowest BCUT2D eigenvalue weighted by Gasteiger charge is -2.44. The number of carbonyl (C=O) groups is 1. The van der Waals surface area contributed by atoms with Crippen molar-refractivity contribution in [2.24, 2.45) is 0 Å². The summed E-state index contributed by atoms with van der Waals surface area (Å²) in [5.74, 6) is 0.274. The van der Waals surface area contributed by atoms with Crippen LogP contribution in [0, 0.1) is 0 Å². The minimum absolute atomic E-state index is 0.274. The summed E-state index contributed by atoms with van der Waals surface area (Å²) < 4.78 is 0. The Morgan fingerprint density at radius 2 is 2.04 bits per heavy atom. The van der Waals surface area contributed by atoms with Crippen molar-refractivity contribution in [2.45, 2.75) is 44.3 Å². The highest BCUT2D eigenvalue weighted by atomic mass is 16.2. The van der Waals surface area contributed by atoms with Crippen LogP contribution in [0.4, 0.5) is 0 Å². The molecule has 24 heavy (non-hydrogen) atoms. The number of amides is 1. The van der Waals surface area contributed by atoms with Gasteiger partial charge in [-0.05, 0) is 44.4 Å². The molecular formula is C18H23N5O. The SMILES string of the molecule is O=C1N(Cc2ccccn2)CCCC12CCCN2Cc1cnc[nH]1. The van der Waals surface area contributed by atoms with Gasteiger partial charge in [0.05, 0.1) is 18.6 Å². The third-order valence-corrected chi connectivity index (χ3v) is 5.32. The molecule has 2 aliphatic rings. The maximum atomic E-state index is 13.3. The Hall–Kier alpha value is -2.21. The Balaban J connectivity index is 1.54. The highest BCUT2D eigenvalue weighted by Crippen LogP contribution is 2.39. The monoisotopic (exact) mass is 325 g/mol. The first-order valence-corrected chi connectivity index (χ1v) is 8.69. The van der Waals surface area contributed by atoms with Crippen molar-refractivity contribution in [1.29, 1.82) is 0 Å². The molecule has 0 saturated carbocycles. The molecule has 2 fully saturated rings. The molecule has 2 saturated heterocycles. The molecule has 2 aromatic heterocycles. The van der Waals surface area contributed by atoms with Crippen molar-refractivity contribution in [1.82, 2.24) is 24.8 Å². The van der Waals surface area contributed by atoms with Crippen LogP contribution in [0.1, 0.15) is 37.1 Å². The summed E-state index contributed by atoms with van der Waals surface area (Å²) in [6, 6.07) is 5.88. The van der Waals surface area contributed by atoms with Crippen molar-refractivity contribution in [3.63, 3.8) is 0 Å². The average Bonchev–Trinajstić information content (AvgIpc) is 3.25. The van der Waals surface area contributed by atoms with Crippen LogP contribution in [-0.4, -0.2) is 49.3 Å². The van der Waals surface area contributed by atoms with Crippen LogP contribution in [0.2, 0.25) is 0 Å². The second-order valence-corrected chi connectivity index (χ2v) is 6.78. The Morgan fingerprint density at radius 3 is 2.79 bits per heavy atom. The smallest absolute Gasteiger partial charge is 0.243 e. The van der Waals surface area contributed by atoms with Gasteiger partial charge in [-0.15, -0.1) is 0 Å². The lowest BCUT2D eigenvalue weighted by atomic mass is 9.85. The summed E-state index contributed by atoms with van der Waals surface area (Å²) in [5.41, 5.74) is 1.70. The predicted molar refractivity (Wildman–Crippen MR) is 89.9 cm³/mol. The number of nitrogens with one attached hydrogen (secondary N) is 1. The summed E-state index contributed by atoms with van der Waals surface area (Å²) >= 11 is 0. The molecule has 1 spiro atoms. The normalized spacial score (nSPS) is 24.8. The Labute approximate surface area is 141 Å². The number of hydrogen-bond donors (Lipinski definition) is 1. The molecule has 1 amide bonds. The lowest BCUT2D eigenvalue weighted by molar-refractivity contribution is -0.148. The highest BCUT2D eigenvalue weighted by molar-refractivity contribution is 5.87. The van der Waals surface area contributed by atoms with Gasteiger partial charge in [-0.1, -0.05) is 6.07 Å². The van der Waals surface area contributed by atoms with Crippen molar-refractivity contribution < 1.29 is 4.79 Å². The van der Waals surface area contributed by atoms with E-state index in [-0.39, 0.29) is 11.4 Å². The van der Waals surface area contributed by atoms with E-state index in [9.17, 15) is 4.79 Å².